The average Bonchev–Trinajstić information content (AvgIpc) is 2.87. The van der Waals surface area contributed by atoms with Crippen molar-refractivity contribution < 1.29 is 22.6 Å². The molecule has 0 amide bonds. The van der Waals surface area contributed by atoms with Gasteiger partial charge in [0.05, 0.1) is 18.1 Å². The molecular formula is C18H21NO5S. The molecule has 134 valence electrons. The van der Waals surface area contributed by atoms with Crippen molar-refractivity contribution in [1.82, 2.24) is 4.31 Å². The lowest BCUT2D eigenvalue weighted by Crippen LogP contribution is -2.31. The zero-order valence-corrected chi connectivity index (χ0v) is 14.9. The van der Waals surface area contributed by atoms with Crippen LogP contribution in [0.5, 0.6) is 17.2 Å². The average molecular weight is 363 g/mol. The summed E-state index contributed by atoms with van der Waals surface area (Å²) in [5.74, 6) is 1.75. The number of hydrogen-bond acceptors (Lipinski definition) is 5. The Balaban J connectivity index is 1.67. The quantitative estimate of drug-likeness (QED) is 0.789. The van der Waals surface area contributed by atoms with E-state index in [1.807, 2.05) is 30.3 Å². The SMILES string of the molecule is CN(CCOc1ccccc1)S(=O)(=O)c1ccc2c(c1)OCCCO2. The predicted octanol–water partition coefficient (Wildman–Crippen LogP) is 2.55. The summed E-state index contributed by atoms with van der Waals surface area (Å²) in [5.41, 5.74) is 0. The summed E-state index contributed by atoms with van der Waals surface area (Å²) in [6, 6.07) is 14.0. The minimum atomic E-state index is -3.62. The smallest absolute Gasteiger partial charge is 0.243 e. The summed E-state index contributed by atoms with van der Waals surface area (Å²) in [6.45, 7) is 1.59. The Morgan fingerprint density at radius 3 is 2.52 bits per heavy atom. The highest BCUT2D eigenvalue weighted by Crippen LogP contribution is 2.32. The molecule has 6 nitrogen and oxygen atoms in total. The van der Waals surface area contributed by atoms with Gasteiger partial charge in [0.1, 0.15) is 12.4 Å². The molecule has 0 saturated carbocycles. The van der Waals surface area contributed by atoms with Gasteiger partial charge < -0.3 is 14.2 Å². The summed E-state index contributed by atoms with van der Waals surface area (Å²) in [7, 11) is -2.09. The number of rotatable bonds is 6. The van der Waals surface area contributed by atoms with E-state index in [4.69, 9.17) is 14.2 Å². The van der Waals surface area contributed by atoms with E-state index >= 15 is 0 Å². The van der Waals surface area contributed by atoms with Crippen molar-refractivity contribution in [3.8, 4) is 17.2 Å². The number of benzene rings is 2. The van der Waals surface area contributed by atoms with Gasteiger partial charge in [-0.25, -0.2) is 8.42 Å². The molecule has 25 heavy (non-hydrogen) atoms. The van der Waals surface area contributed by atoms with Crippen molar-refractivity contribution in [3.05, 3.63) is 48.5 Å². The number of nitrogens with zero attached hydrogens (tertiary/aromatic N) is 1. The molecule has 0 unspecified atom stereocenters. The Morgan fingerprint density at radius 1 is 1.04 bits per heavy atom. The van der Waals surface area contributed by atoms with Gasteiger partial charge in [0.2, 0.25) is 10.0 Å². The van der Waals surface area contributed by atoms with Crippen molar-refractivity contribution in [3.63, 3.8) is 0 Å². The van der Waals surface area contributed by atoms with E-state index in [1.165, 1.54) is 23.5 Å². The maximum atomic E-state index is 12.7. The van der Waals surface area contributed by atoms with Gasteiger partial charge in [-0.05, 0) is 24.3 Å². The molecule has 0 saturated heterocycles. The molecule has 7 heteroatoms. The van der Waals surface area contributed by atoms with Crippen molar-refractivity contribution in [1.29, 1.82) is 0 Å². The molecule has 0 spiro atoms. The first-order valence-electron chi connectivity index (χ1n) is 8.11. The van der Waals surface area contributed by atoms with Gasteiger partial charge in [0.25, 0.3) is 0 Å². The normalized spacial score (nSPS) is 14.2. The fraction of sp³-hybridized carbons (Fsp3) is 0.333. The first-order valence-corrected chi connectivity index (χ1v) is 9.55. The first kappa shape index (κ1) is 17.6. The lowest BCUT2D eigenvalue weighted by molar-refractivity contribution is 0.287. The molecule has 0 bridgehead atoms. The highest BCUT2D eigenvalue weighted by atomic mass is 32.2. The highest BCUT2D eigenvalue weighted by molar-refractivity contribution is 7.89. The standard InChI is InChI=1S/C18H21NO5S/c1-19(10-13-22-15-6-3-2-4-7-15)25(20,21)16-8-9-17-18(14-16)24-12-5-11-23-17/h2-4,6-9,14H,5,10-13H2,1H3. The van der Waals surface area contributed by atoms with Gasteiger partial charge in [0.15, 0.2) is 11.5 Å². The second-order valence-electron chi connectivity index (χ2n) is 5.65. The van der Waals surface area contributed by atoms with Crippen LogP contribution in [0.3, 0.4) is 0 Å². The Bertz CT molecular complexity index is 807. The number of para-hydroxylation sites is 1. The van der Waals surface area contributed by atoms with Crippen LogP contribution in [0.2, 0.25) is 0 Å². The molecule has 0 atom stereocenters. The van der Waals surface area contributed by atoms with Crippen LogP contribution < -0.4 is 14.2 Å². The molecule has 1 aliphatic rings. The number of ether oxygens (including phenoxy) is 3. The van der Waals surface area contributed by atoms with Gasteiger partial charge in [-0.15, -0.1) is 0 Å². The van der Waals surface area contributed by atoms with Crippen LogP contribution in [-0.4, -0.2) is 46.1 Å². The lowest BCUT2D eigenvalue weighted by Gasteiger charge is -2.18. The van der Waals surface area contributed by atoms with E-state index in [9.17, 15) is 8.42 Å². The molecule has 0 aromatic heterocycles. The topological polar surface area (TPSA) is 65.1 Å². The third-order valence-electron chi connectivity index (χ3n) is 3.85. The largest absolute Gasteiger partial charge is 0.492 e. The third-order valence-corrected chi connectivity index (χ3v) is 5.70. The Morgan fingerprint density at radius 2 is 1.76 bits per heavy atom. The van der Waals surface area contributed by atoms with Crippen LogP contribution >= 0.6 is 0 Å². The van der Waals surface area contributed by atoms with Crippen molar-refractivity contribution in [2.45, 2.75) is 11.3 Å². The molecular weight excluding hydrogens is 342 g/mol. The molecule has 0 aliphatic carbocycles. The number of sulfonamides is 1. The van der Waals surface area contributed by atoms with Gasteiger partial charge >= 0.3 is 0 Å². The van der Waals surface area contributed by atoms with E-state index in [1.54, 1.807) is 6.07 Å². The van der Waals surface area contributed by atoms with E-state index < -0.39 is 10.0 Å². The van der Waals surface area contributed by atoms with E-state index in [0.29, 0.717) is 30.5 Å². The lowest BCUT2D eigenvalue weighted by atomic mass is 10.3. The minimum Gasteiger partial charge on any atom is -0.492 e. The summed E-state index contributed by atoms with van der Waals surface area (Å²) in [5, 5.41) is 0. The van der Waals surface area contributed by atoms with Crippen LogP contribution in [0.1, 0.15) is 6.42 Å². The Hall–Kier alpha value is -2.25. The fourth-order valence-electron chi connectivity index (χ4n) is 2.41. The molecule has 0 radical (unpaired) electrons. The first-order chi connectivity index (χ1) is 12.1. The molecule has 2 aromatic rings. The maximum absolute atomic E-state index is 12.7. The minimum absolute atomic E-state index is 0.180. The van der Waals surface area contributed by atoms with Crippen LogP contribution in [0.25, 0.3) is 0 Å². The van der Waals surface area contributed by atoms with Crippen LogP contribution in [-0.2, 0) is 10.0 Å². The summed E-state index contributed by atoms with van der Waals surface area (Å²) in [4.78, 5) is 0.180. The monoisotopic (exact) mass is 363 g/mol. The summed E-state index contributed by atoms with van der Waals surface area (Å²) < 4.78 is 43.4. The fourth-order valence-corrected chi connectivity index (χ4v) is 3.58. The zero-order valence-electron chi connectivity index (χ0n) is 14.1. The summed E-state index contributed by atoms with van der Waals surface area (Å²) in [6.07, 6.45) is 0.771. The Labute approximate surface area is 148 Å². The predicted molar refractivity (Wildman–Crippen MR) is 93.8 cm³/mol. The number of hydrogen-bond donors (Lipinski definition) is 0. The second kappa shape index (κ2) is 7.76. The molecule has 0 N–H and O–H groups in total. The van der Waals surface area contributed by atoms with Crippen molar-refractivity contribution in [2.24, 2.45) is 0 Å². The van der Waals surface area contributed by atoms with E-state index in [0.717, 1.165) is 6.42 Å². The van der Waals surface area contributed by atoms with E-state index in [2.05, 4.69) is 0 Å². The van der Waals surface area contributed by atoms with Crippen molar-refractivity contribution in [2.75, 3.05) is 33.4 Å². The van der Waals surface area contributed by atoms with Crippen molar-refractivity contribution >= 4 is 10.0 Å². The van der Waals surface area contributed by atoms with Gasteiger partial charge in [-0.1, -0.05) is 18.2 Å². The third kappa shape index (κ3) is 4.24. The van der Waals surface area contributed by atoms with E-state index in [-0.39, 0.29) is 18.0 Å². The molecule has 1 aliphatic heterocycles. The van der Waals surface area contributed by atoms with Crippen LogP contribution in [0.4, 0.5) is 0 Å². The second-order valence-corrected chi connectivity index (χ2v) is 7.69. The molecule has 3 rings (SSSR count). The zero-order chi connectivity index (χ0) is 17.7. The summed E-state index contributed by atoms with van der Waals surface area (Å²) >= 11 is 0. The Kier molecular flexibility index (Phi) is 5.45. The molecule has 1 heterocycles. The van der Waals surface area contributed by atoms with Crippen LogP contribution in [0, 0.1) is 0 Å². The highest BCUT2D eigenvalue weighted by Gasteiger charge is 2.23. The van der Waals surface area contributed by atoms with Gasteiger partial charge in [0, 0.05) is 26.1 Å². The molecule has 2 aromatic carbocycles. The molecule has 0 fully saturated rings. The van der Waals surface area contributed by atoms with Crippen LogP contribution in [0.15, 0.2) is 53.4 Å². The number of fused-ring (bicyclic) bond motifs is 1. The van der Waals surface area contributed by atoms with Gasteiger partial charge in [-0.2, -0.15) is 4.31 Å². The number of likely N-dealkylation sites (N-methyl/N-ethyl adjacent to an activating group) is 1. The maximum Gasteiger partial charge on any atom is 0.243 e. The van der Waals surface area contributed by atoms with Gasteiger partial charge in [-0.3, -0.25) is 0 Å².